The summed E-state index contributed by atoms with van der Waals surface area (Å²) in [5.74, 6) is -1.56. The maximum Gasteiger partial charge on any atom is 0.313 e. The number of rotatable bonds is 5. The molecule has 116 valence electrons. The number of aliphatic hydroxyl groups is 1. The van der Waals surface area contributed by atoms with Crippen molar-refractivity contribution in [2.24, 2.45) is 0 Å². The highest BCUT2D eigenvalue weighted by molar-refractivity contribution is 6.39. The van der Waals surface area contributed by atoms with Crippen molar-refractivity contribution in [3.05, 3.63) is 42.5 Å². The van der Waals surface area contributed by atoms with Crippen molar-refractivity contribution in [3.63, 3.8) is 0 Å². The Bertz CT molecular complexity index is 622. The van der Waals surface area contributed by atoms with Crippen LogP contribution >= 0.6 is 0 Å². The van der Waals surface area contributed by atoms with Crippen molar-refractivity contribution in [2.75, 3.05) is 11.9 Å². The van der Waals surface area contributed by atoms with Gasteiger partial charge in [0, 0.05) is 12.2 Å². The second-order valence-electron chi connectivity index (χ2n) is 4.80. The lowest BCUT2D eigenvalue weighted by molar-refractivity contribution is -0.136. The monoisotopic (exact) mass is 303 g/mol. The van der Waals surface area contributed by atoms with Crippen molar-refractivity contribution in [3.8, 4) is 0 Å². The van der Waals surface area contributed by atoms with Crippen LogP contribution in [0, 0.1) is 0 Å². The summed E-state index contributed by atoms with van der Waals surface area (Å²) in [4.78, 5) is 27.0. The molecule has 0 aliphatic rings. The maximum atomic E-state index is 11.6. The molecule has 0 bridgehead atoms. The highest BCUT2D eigenvalue weighted by atomic mass is 16.3. The summed E-state index contributed by atoms with van der Waals surface area (Å²) < 4.78 is 1.68. The third kappa shape index (κ3) is 4.67. The van der Waals surface area contributed by atoms with Crippen LogP contribution in [0.2, 0.25) is 0 Å². The number of hydrogen-bond donors (Lipinski definition) is 3. The van der Waals surface area contributed by atoms with E-state index in [1.165, 1.54) is 13.3 Å². The number of aliphatic hydroxyl groups excluding tert-OH is 1. The molecule has 1 aromatic heterocycles. The minimum Gasteiger partial charge on any atom is -0.392 e. The molecule has 22 heavy (non-hydrogen) atoms. The summed E-state index contributed by atoms with van der Waals surface area (Å²) in [5.41, 5.74) is 1.50. The Morgan fingerprint density at radius 1 is 1.27 bits per heavy atom. The Labute approximate surface area is 127 Å². The highest BCUT2D eigenvalue weighted by Gasteiger charge is 2.13. The Hall–Kier alpha value is -2.74. The normalized spacial score (nSPS) is 11.7. The van der Waals surface area contributed by atoms with E-state index in [-0.39, 0.29) is 6.54 Å². The van der Waals surface area contributed by atoms with Gasteiger partial charge in [-0.25, -0.2) is 9.67 Å². The zero-order chi connectivity index (χ0) is 15.9. The predicted octanol–water partition coefficient (Wildman–Crippen LogP) is -0.238. The summed E-state index contributed by atoms with van der Waals surface area (Å²) in [6.07, 6.45) is 2.37. The van der Waals surface area contributed by atoms with Gasteiger partial charge in [0.2, 0.25) is 0 Å². The van der Waals surface area contributed by atoms with Gasteiger partial charge in [0.25, 0.3) is 0 Å². The van der Waals surface area contributed by atoms with E-state index in [2.05, 4.69) is 20.7 Å². The first-order valence-corrected chi connectivity index (χ1v) is 6.73. The van der Waals surface area contributed by atoms with Crippen LogP contribution in [0.3, 0.4) is 0 Å². The SMILES string of the molecule is C[C@@H](O)CNC(=O)C(=O)Nc1ccc(Cn2cncn2)cc1. The number of nitrogens with zero attached hydrogens (tertiary/aromatic N) is 3. The van der Waals surface area contributed by atoms with E-state index in [1.54, 1.807) is 23.1 Å². The summed E-state index contributed by atoms with van der Waals surface area (Å²) in [6.45, 7) is 2.12. The molecule has 0 saturated heterocycles. The van der Waals surface area contributed by atoms with E-state index < -0.39 is 17.9 Å². The maximum absolute atomic E-state index is 11.6. The Morgan fingerprint density at radius 3 is 2.59 bits per heavy atom. The molecule has 2 amide bonds. The van der Waals surface area contributed by atoms with E-state index in [1.807, 2.05) is 12.1 Å². The molecule has 1 atom stereocenters. The third-order valence-corrected chi connectivity index (χ3v) is 2.79. The highest BCUT2D eigenvalue weighted by Crippen LogP contribution is 2.10. The molecule has 2 aromatic rings. The smallest absolute Gasteiger partial charge is 0.313 e. The first kappa shape index (κ1) is 15.6. The van der Waals surface area contributed by atoms with E-state index in [0.29, 0.717) is 12.2 Å². The third-order valence-electron chi connectivity index (χ3n) is 2.79. The number of anilines is 1. The Morgan fingerprint density at radius 2 is 2.00 bits per heavy atom. The molecule has 2 rings (SSSR count). The van der Waals surface area contributed by atoms with Crippen LogP contribution in [0.5, 0.6) is 0 Å². The molecule has 0 radical (unpaired) electrons. The Balaban J connectivity index is 1.88. The van der Waals surface area contributed by atoms with Gasteiger partial charge < -0.3 is 15.7 Å². The lowest BCUT2D eigenvalue weighted by atomic mass is 10.2. The number of nitrogens with one attached hydrogen (secondary N) is 2. The molecule has 0 saturated carbocycles. The van der Waals surface area contributed by atoms with Crippen LogP contribution < -0.4 is 10.6 Å². The zero-order valence-electron chi connectivity index (χ0n) is 12.1. The molecule has 0 aliphatic heterocycles. The van der Waals surface area contributed by atoms with Gasteiger partial charge >= 0.3 is 11.8 Å². The summed E-state index contributed by atoms with van der Waals surface area (Å²) in [6, 6.07) is 7.05. The van der Waals surface area contributed by atoms with E-state index in [4.69, 9.17) is 5.11 Å². The van der Waals surface area contributed by atoms with Gasteiger partial charge in [-0.2, -0.15) is 5.10 Å². The summed E-state index contributed by atoms with van der Waals surface area (Å²) in [7, 11) is 0. The topological polar surface area (TPSA) is 109 Å². The zero-order valence-corrected chi connectivity index (χ0v) is 12.1. The molecule has 0 aliphatic carbocycles. The molecule has 0 unspecified atom stereocenters. The van der Waals surface area contributed by atoms with Crippen LogP contribution in [0.25, 0.3) is 0 Å². The predicted molar refractivity (Wildman–Crippen MR) is 78.9 cm³/mol. The van der Waals surface area contributed by atoms with Gasteiger partial charge in [-0.1, -0.05) is 12.1 Å². The summed E-state index contributed by atoms with van der Waals surface area (Å²) in [5, 5.41) is 17.9. The molecule has 0 fully saturated rings. The standard InChI is InChI=1S/C14H17N5O3/c1-10(20)6-16-13(21)14(22)18-12-4-2-11(3-5-12)7-19-9-15-8-17-19/h2-5,8-10,20H,6-7H2,1H3,(H,16,21)(H,18,22)/t10-/m1/s1. The second-order valence-corrected chi connectivity index (χ2v) is 4.80. The first-order chi connectivity index (χ1) is 10.5. The molecule has 8 nitrogen and oxygen atoms in total. The lowest BCUT2D eigenvalue weighted by Crippen LogP contribution is -2.38. The van der Waals surface area contributed by atoms with Crippen molar-refractivity contribution in [1.82, 2.24) is 20.1 Å². The van der Waals surface area contributed by atoms with Crippen LogP contribution in [0.15, 0.2) is 36.9 Å². The molecule has 3 N–H and O–H groups in total. The van der Waals surface area contributed by atoms with Crippen molar-refractivity contribution in [1.29, 1.82) is 0 Å². The van der Waals surface area contributed by atoms with Crippen LogP contribution in [-0.4, -0.2) is 44.3 Å². The molecular weight excluding hydrogens is 286 g/mol. The van der Waals surface area contributed by atoms with Crippen molar-refractivity contribution in [2.45, 2.75) is 19.6 Å². The average Bonchev–Trinajstić information content (AvgIpc) is 2.99. The number of hydrogen-bond acceptors (Lipinski definition) is 5. The minimum atomic E-state index is -0.785. The first-order valence-electron chi connectivity index (χ1n) is 6.73. The molecular formula is C14H17N5O3. The fraction of sp³-hybridized carbons (Fsp3) is 0.286. The molecule has 1 heterocycles. The van der Waals surface area contributed by atoms with E-state index in [0.717, 1.165) is 5.56 Å². The number of carbonyl (C=O) groups is 2. The van der Waals surface area contributed by atoms with Gasteiger partial charge in [-0.15, -0.1) is 0 Å². The van der Waals surface area contributed by atoms with Gasteiger partial charge in [-0.05, 0) is 24.6 Å². The summed E-state index contributed by atoms with van der Waals surface area (Å²) >= 11 is 0. The fourth-order valence-corrected chi connectivity index (χ4v) is 1.70. The van der Waals surface area contributed by atoms with Crippen molar-refractivity contribution < 1.29 is 14.7 Å². The average molecular weight is 303 g/mol. The fourth-order valence-electron chi connectivity index (χ4n) is 1.70. The number of aromatic nitrogens is 3. The van der Waals surface area contributed by atoms with Crippen LogP contribution in [0.4, 0.5) is 5.69 Å². The van der Waals surface area contributed by atoms with E-state index in [9.17, 15) is 9.59 Å². The molecule has 1 aromatic carbocycles. The van der Waals surface area contributed by atoms with Gasteiger partial charge in [0.1, 0.15) is 12.7 Å². The molecule has 0 spiro atoms. The minimum absolute atomic E-state index is 0.0309. The number of amides is 2. The Kier molecular flexibility index (Phi) is 5.21. The quantitative estimate of drug-likeness (QED) is 0.661. The molecule has 8 heteroatoms. The van der Waals surface area contributed by atoms with Gasteiger partial charge in [-0.3, -0.25) is 9.59 Å². The van der Waals surface area contributed by atoms with Crippen LogP contribution in [-0.2, 0) is 16.1 Å². The lowest BCUT2D eigenvalue weighted by Gasteiger charge is -2.08. The van der Waals surface area contributed by atoms with E-state index >= 15 is 0 Å². The van der Waals surface area contributed by atoms with Crippen molar-refractivity contribution >= 4 is 17.5 Å². The van der Waals surface area contributed by atoms with Gasteiger partial charge in [0.15, 0.2) is 0 Å². The van der Waals surface area contributed by atoms with Crippen LogP contribution in [0.1, 0.15) is 12.5 Å². The number of carbonyl (C=O) groups excluding carboxylic acids is 2. The second kappa shape index (κ2) is 7.32. The van der Waals surface area contributed by atoms with Gasteiger partial charge in [0.05, 0.1) is 12.6 Å². The number of benzene rings is 1. The largest absolute Gasteiger partial charge is 0.392 e.